The van der Waals surface area contributed by atoms with Crippen LogP contribution in [0.25, 0.3) is 0 Å². The molecular formula is C17H16ClN3O2. The van der Waals surface area contributed by atoms with Crippen molar-refractivity contribution in [3.05, 3.63) is 56.3 Å². The molecule has 23 heavy (non-hydrogen) atoms. The van der Waals surface area contributed by atoms with Gasteiger partial charge < -0.3 is 5.11 Å². The van der Waals surface area contributed by atoms with E-state index in [1.54, 1.807) is 45.0 Å². The van der Waals surface area contributed by atoms with E-state index in [4.69, 9.17) is 11.6 Å². The zero-order chi connectivity index (χ0) is 17.1. The van der Waals surface area contributed by atoms with Crippen LogP contribution in [-0.4, -0.2) is 15.9 Å². The number of aliphatic imine (C=N–C) groups is 1. The van der Waals surface area contributed by atoms with E-state index in [1.807, 2.05) is 6.07 Å². The van der Waals surface area contributed by atoms with Crippen LogP contribution in [0.3, 0.4) is 0 Å². The number of aromatic nitrogens is 1. The van der Waals surface area contributed by atoms with E-state index >= 15 is 0 Å². The van der Waals surface area contributed by atoms with Crippen molar-refractivity contribution < 1.29 is 5.11 Å². The van der Waals surface area contributed by atoms with Gasteiger partial charge in [0.2, 0.25) is 5.88 Å². The van der Waals surface area contributed by atoms with Gasteiger partial charge in [0.1, 0.15) is 11.6 Å². The van der Waals surface area contributed by atoms with Crippen molar-refractivity contribution in [2.24, 2.45) is 4.99 Å². The molecule has 0 radical (unpaired) electrons. The SMILES string of the molecule is Cc1c(C=Nc2ccccc2Cl)c(O)n(C(C)C)c(=O)c1C#N. The summed E-state index contributed by atoms with van der Waals surface area (Å²) in [6, 6.07) is 8.63. The smallest absolute Gasteiger partial charge is 0.271 e. The number of aromatic hydroxyl groups is 1. The topological polar surface area (TPSA) is 78.4 Å². The minimum Gasteiger partial charge on any atom is -0.494 e. The number of hydrogen-bond donors (Lipinski definition) is 1. The Kier molecular flexibility index (Phi) is 4.87. The number of nitriles is 1. The second kappa shape index (κ2) is 6.67. The monoisotopic (exact) mass is 329 g/mol. The fourth-order valence-corrected chi connectivity index (χ4v) is 2.45. The van der Waals surface area contributed by atoms with Gasteiger partial charge in [-0.3, -0.25) is 14.4 Å². The molecule has 0 saturated heterocycles. The first kappa shape index (κ1) is 16.8. The van der Waals surface area contributed by atoms with Crippen LogP contribution in [0.2, 0.25) is 5.02 Å². The van der Waals surface area contributed by atoms with Crippen molar-refractivity contribution >= 4 is 23.5 Å². The van der Waals surface area contributed by atoms with Crippen LogP contribution in [0.4, 0.5) is 5.69 Å². The second-order valence-electron chi connectivity index (χ2n) is 5.33. The van der Waals surface area contributed by atoms with Gasteiger partial charge in [0.25, 0.3) is 5.56 Å². The molecule has 0 unspecified atom stereocenters. The Morgan fingerprint density at radius 1 is 1.39 bits per heavy atom. The van der Waals surface area contributed by atoms with Crippen LogP contribution in [0, 0.1) is 18.3 Å². The van der Waals surface area contributed by atoms with Gasteiger partial charge in [-0.1, -0.05) is 23.7 Å². The lowest BCUT2D eigenvalue weighted by Gasteiger charge is -2.16. The highest BCUT2D eigenvalue weighted by Gasteiger charge is 2.19. The van der Waals surface area contributed by atoms with Gasteiger partial charge in [-0.25, -0.2) is 0 Å². The molecule has 2 aromatic rings. The van der Waals surface area contributed by atoms with Crippen LogP contribution in [0.5, 0.6) is 5.88 Å². The first-order chi connectivity index (χ1) is 10.9. The second-order valence-corrected chi connectivity index (χ2v) is 5.73. The number of benzene rings is 1. The third-order valence-electron chi connectivity index (χ3n) is 3.49. The summed E-state index contributed by atoms with van der Waals surface area (Å²) in [5.41, 5.74) is 0.746. The fourth-order valence-electron chi connectivity index (χ4n) is 2.27. The van der Waals surface area contributed by atoms with Crippen LogP contribution in [0.1, 0.15) is 36.6 Å². The van der Waals surface area contributed by atoms with Crippen molar-refractivity contribution in [1.82, 2.24) is 4.57 Å². The Balaban J connectivity index is 2.68. The molecule has 2 rings (SSSR count). The molecule has 0 fully saturated rings. The Morgan fingerprint density at radius 2 is 2.04 bits per heavy atom. The van der Waals surface area contributed by atoms with Gasteiger partial charge in [0.05, 0.1) is 16.3 Å². The molecule has 1 aromatic carbocycles. The molecule has 0 bridgehead atoms. The number of nitrogens with zero attached hydrogens (tertiary/aromatic N) is 3. The highest BCUT2D eigenvalue weighted by Crippen LogP contribution is 2.26. The maximum absolute atomic E-state index is 12.3. The van der Waals surface area contributed by atoms with Crippen molar-refractivity contribution in [2.45, 2.75) is 26.8 Å². The average molecular weight is 330 g/mol. The number of rotatable bonds is 3. The van der Waals surface area contributed by atoms with Crippen LogP contribution in [-0.2, 0) is 0 Å². The van der Waals surface area contributed by atoms with Gasteiger partial charge >= 0.3 is 0 Å². The predicted molar refractivity (Wildman–Crippen MR) is 90.9 cm³/mol. The highest BCUT2D eigenvalue weighted by atomic mass is 35.5. The molecule has 5 nitrogen and oxygen atoms in total. The summed E-state index contributed by atoms with van der Waals surface area (Å²) < 4.78 is 1.18. The Hall–Kier alpha value is -2.58. The van der Waals surface area contributed by atoms with E-state index in [9.17, 15) is 15.2 Å². The Morgan fingerprint density at radius 3 is 2.61 bits per heavy atom. The quantitative estimate of drug-likeness (QED) is 0.872. The molecule has 0 aliphatic rings. The lowest BCUT2D eigenvalue weighted by molar-refractivity contribution is 0.386. The molecule has 1 heterocycles. The largest absolute Gasteiger partial charge is 0.494 e. The first-order valence-electron chi connectivity index (χ1n) is 7.05. The average Bonchev–Trinajstić information content (AvgIpc) is 2.48. The van der Waals surface area contributed by atoms with Gasteiger partial charge in [0.15, 0.2) is 0 Å². The molecule has 1 N–H and O–H groups in total. The normalized spacial score (nSPS) is 11.1. The van der Waals surface area contributed by atoms with E-state index in [0.29, 0.717) is 21.8 Å². The van der Waals surface area contributed by atoms with Gasteiger partial charge in [-0.15, -0.1) is 0 Å². The van der Waals surface area contributed by atoms with E-state index in [0.717, 1.165) is 0 Å². The van der Waals surface area contributed by atoms with E-state index in [2.05, 4.69) is 4.99 Å². The summed E-state index contributed by atoms with van der Waals surface area (Å²) in [6.45, 7) is 5.12. The summed E-state index contributed by atoms with van der Waals surface area (Å²) in [4.78, 5) is 16.5. The molecule has 0 saturated carbocycles. The minimum atomic E-state index is -0.507. The Labute approximate surface area is 139 Å². The minimum absolute atomic E-state index is 0.00268. The molecule has 6 heteroatoms. The van der Waals surface area contributed by atoms with Gasteiger partial charge in [0, 0.05) is 12.3 Å². The van der Waals surface area contributed by atoms with E-state index < -0.39 is 5.56 Å². The molecule has 0 spiro atoms. The Bertz CT molecular complexity index is 877. The number of para-hydroxylation sites is 1. The van der Waals surface area contributed by atoms with Crippen molar-refractivity contribution in [3.8, 4) is 11.9 Å². The van der Waals surface area contributed by atoms with Crippen molar-refractivity contribution in [1.29, 1.82) is 5.26 Å². The van der Waals surface area contributed by atoms with E-state index in [-0.39, 0.29) is 17.5 Å². The molecule has 0 amide bonds. The lowest BCUT2D eigenvalue weighted by atomic mass is 10.1. The standard InChI is InChI=1S/C17H16ClN3O2/c1-10(2)21-16(22)12(8-19)11(3)13(17(21)23)9-20-15-7-5-4-6-14(15)18/h4-7,9-10,23H,1-3H3. The van der Waals surface area contributed by atoms with E-state index in [1.165, 1.54) is 10.8 Å². The van der Waals surface area contributed by atoms with Crippen molar-refractivity contribution in [3.63, 3.8) is 0 Å². The number of hydrogen-bond acceptors (Lipinski definition) is 4. The van der Waals surface area contributed by atoms with Crippen LogP contribution < -0.4 is 5.56 Å². The lowest BCUT2D eigenvalue weighted by Crippen LogP contribution is -2.26. The maximum atomic E-state index is 12.3. The molecule has 0 atom stereocenters. The van der Waals surface area contributed by atoms with Crippen LogP contribution in [0.15, 0.2) is 34.1 Å². The third kappa shape index (κ3) is 3.13. The zero-order valence-corrected chi connectivity index (χ0v) is 13.8. The van der Waals surface area contributed by atoms with Crippen LogP contribution >= 0.6 is 11.6 Å². The molecule has 118 valence electrons. The summed E-state index contributed by atoms with van der Waals surface area (Å²) in [6.07, 6.45) is 1.42. The van der Waals surface area contributed by atoms with Gasteiger partial charge in [-0.05, 0) is 38.5 Å². The summed E-state index contributed by atoms with van der Waals surface area (Å²) in [7, 11) is 0. The van der Waals surface area contributed by atoms with Crippen molar-refractivity contribution in [2.75, 3.05) is 0 Å². The third-order valence-corrected chi connectivity index (χ3v) is 3.81. The fraction of sp³-hybridized carbons (Fsp3) is 0.235. The molecule has 0 aliphatic carbocycles. The summed E-state index contributed by atoms with van der Waals surface area (Å²) in [5.74, 6) is -0.211. The summed E-state index contributed by atoms with van der Waals surface area (Å²) >= 11 is 6.05. The van der Waals surface area contributed by atoms with Gasteiger partial charge in [-0.2, -0.15) is 5.26 Å². The molecular weight excluding hydrogens is 314 g/mol. The first-order valence-corrected chi connectivity index (χ1v) is 7.43. The number of pyridine rings is 1. The predicted octanol–water partition coefficient (Wildman–Crippen LogP) is 3.72. The molecule has 0 aliphatic heterocycles. The summed E-state index contributed by atoms with van der Waals surface area (Å²) in [5, 5.41) is 20.1. The zero-order valence-electron chi connectivity index (χ0n) is 13.0. The highest BCUT2D eigenvalue weighted by molar-refractivity contribution is 6.33. The molecule has 1 aromatic heterocycles. The number of halogens is 1. The maximum Gasteiger partial charge on any atom is 0.271 e.